The van der Waals surface area contributed by atoms with Gasteiger partial charge in [-0.25, -0.2) is 0 Å². The van der Waals surface area contributed by atoms with E-state index < -0.39 is 0 Å². The first-order valence-electron chi connectivity index (χ1n) is 11.7. The zero-order chi connectivity index (χ0) is 23.5. The summed E-state index contributed by atoms with van der Waals surface area (Å²) < 4.78 is 16.9. The predicted octanol–water partition coefficient (Wildman–Crippen LogP) is 4.46. The number of carbonyl (C=O) groups is 1. The molecule has 1 atom stereocenters. The Bertz CT molecular complexity index is 1290. The number of carbonyl (C=O) groups excluding carboxylic acids is 1. The summed E-state index contributed by atoms with van der Waals surface area (Å²) in [5.74, 6) is 2.56. The minimum absolute atomic E-state index is 0.0815. The largest absolute Gasteiger partial charge is 0.490 e. The number of aromatic nitrogens is 3. The number of likely N-dealkylation sites (tertiary alicyclic amines) is 1. The summed E-state index contributed by atoms with van der Waals surface area (Å²) in [6, 6.07) is 13.9. The molecule has 0 spiro atoms. The van der Waals surface area contributed by atoms with Crippen molar-refractivity contribution < 1.29 is 18.8 Å². The first kappa shape index (κ1) is 22.0. The monoisotopic (exact) mass is 460 g/mol. The standard InChI is InChI=1S/C26H28N4O4/c1-3-32-22-10-9-17(11-23(22)33-4-2)15-30-16-19(13-25(30)31)26-28-24(34-29-26)12-18-14-27-21-8-6-5-7-20(18)21/h5-11,14,19,27H,3-4,12-13,15-16H2,1-2H3. The average molecular weight is 461 g/mol. The van der Waals surface area contributed by atoms with Gasteiger partial charge >= 0.3 is 0 Å². The Morgan fingerprint density at radius 2 is 1.94 bits per heavy atom. The molecular formula is C26H28N4O4. The number of nitrogens with zero attached hydrogens (tertiary/aromatic N) is 3. The van der Waals surface area contributed by atoms with Gasteiger partial charge in [-0.1, -0.05) is 29.4 Å². The summed E-state index contributed by atoms with van der Waals surface area (Å²) in [4.78, 5) is 22.5. The van der Waals surface area contributed by atoms with Crippen molar-refractivity contribution in [1.29, 1.82) is 0 Å². The summed E-state index contributed by atoms with van der Waals surface area (Å²) >= 11 is 0. The molecule has 0 bridgehead atoms. The zero-order valence-corrected chi connectivity index (χ0v) is 19.4. The number of H-pyrrole nitrogens is 1. The van der Waals surface area contributed by atoms with Gasteiger partial charge in [-0.2, -0.15) is 4.98 Å². The van der Waals surface area contributed by atoms with Crippen LogP contribution < -0.4 is 9.47 Å². The maximum Gasteiger partial charge on any atom is 0.231 e. The summed E-state index contributed by atoms with van der Waals surface area (Å²) in [6.07, 6.45) is 2.90. The Morgan fingerprint density at radius 3 is 2.79 bits per heavy atom. The summed E-state index contributed by atoms with van der Waals surface area (Å²) in [6.45, 7) is 6.06. The van der Waals surface area contributed by atoms with Gasteiger partial charge in [0.25, 0.3) is 0 Å². The highest BCUT2D eigenvalue weighted by molar-refractivity contribution is 5.83. The lowest BCUT2D eigenvalue weighted by Gasteiger charge is -2.18. The van der Waals surface area contributed by atoms with Crippen LogP contribution in [0.2, 0.25) is 0 Å². The van der Waals surface area contributed by atoms with Gasteiger partial charge < -0.3 is 23.9 Å². The molecule has 1 fully saturated rings. The Kier molecular flexibility index (Phi) is 6.20. The molecule has 0 aliphatic carbocycles. The van der Waals surface area contributed by atoms with Crippen LogP contribution in [0, 0.1) is 0 Å². The van der Waals surface area contributed by atoms with E-state index in [1.54, 1.807) is 0 Å². The molecule has 0 saturated carbocycles. The summed E-state index contributed by atoms with van der Waals surface area (Å²) in [5, 5.41) is 5.34. The van der Waals surface area contributed by atoms with E-state index in [0.717, 1.165) is 22.0 Å². The van der Waals surface area contributed by atoms with Crippen molar-refractivity contribution in [3.05, 3.63) is 71.5 Å². The Balaban J connectivity index is 1.26. The smallest absolute Gasteiger partial charge is 0.231 e. The molecule has 5 rings (SSSR count). The topological polar surface area (TPSA) is 93.5 Å². The number of ether oxygens (including phenoxy) is 2. The molecule has 2 aromatic heterocycles. The van der Waals surface area contributed by atoms with E-state index in [1.165, 1.54) is 0 Å². The third-order valence-electron chi connectivity index (χ3n) is 6.06. The minimum atomic E-state index is -0.0815. The lowest BCUT2D eigenvalue weighted by atomic mass is 10.1. The highest BCUT2D eigenvalue weighted by atomic mass is 16.5. The second-order valence-corrected chi connectivity index (χ2v) is 8.41. The van der Waals surface area contributed by atoms with Crippen molar-refractivity contribution in [2.75, 3.05) is 19.8 Å². The fraction of sp³-hybridized carbons (Fsp3) is 0.346. The SMILES string of the molecule is CCOc1ccc(CN2CC(c3noc(Cc4c[nH]c5ccccc45)n3)CC2=O)cc1OCC. The fourth-order valence-electron chi connectivity index (χ4n) is 4.46. The van der Waals surface area contributed by atoms with Crippen molar-refractivity contribution >= 4 is 16.8 Å². The molecule has 0 radical (unpaired) electrons. The second-order valence-electron chi connectivity index (χ2n) is 8.41. The van der Waals surface area contributed by atoms with E-state index in [1.807, 2.05) is 61.3 Å². The van der Waals surface area contributed by atoms with Crippen LogP contribution >= 0.6 is 0 Å². The van der Waals surface area contributed by atoms with Crippen LogP contribution in [0.25, 0.3) is 10.9 Å². The number of amides is 1. The number of aromatic amines is 1. The maximum atomic E-state index is 12.7. The van der Waals surface area contributed by atoms with Gasteiger partial charge in [-0.05, 0) is 43.2 Å². The Labute approximate surface area is 197 Å². The van der Waals surface area contributed by atoms with E-state index in [2.05, 4.69) is 21.2 Å². The Hall–Kier alpha value is -3.81. The van der Waals surface area contributed by atoms with Crippen LogP contribution in [0.15, 0.2) is 53.2 Å². The van der Waals surface area contributed by atoms with E-state index in [9.17, 15) is 4.79 Å². The number of nitrogens with one attached hydrogen (secondary N) is 1. The van der Waals surface area contributed by atoms with Gasteiger partial charge in [0.05, 0.1) is 19.6 Å². The van der Waals surface area contributed by atoms with Crippen LogP contribution in [0.4, 0.5) is 0 Å². The molecule has 176 valence electrons. The van der Waals surface area contributed by atoms with Crippen molar-refractivity contribution in [2.45, 2.75) is 39.2 Å². The van der Waals surface area contributed by atoms with Gasteiger partial charge in [0.2, 0.25) is 11.8 Å². The molecule has 3 heterocycles. The van der Waals surface area contributed by atoms with Crippen LogP contribution in [-0.2, 0) is 17.8 Å². The van der Waals surface area contributed by atoms with Gasteiger partial charge in [0.15, 0.2) is 17.3 Å². The van der Waals surface area contributed by atoms with Crippen LogP contribution in [0.3, 0.4) is 0 Å². The number of para-hydroxylation sites is 1. The molecular weight excluding hydrogens is 432 g/mol. The second kappa shape index (κ2) is 9.59. The van der Waals surface area contributed by atoms with Crippen molar-refractivity contribution in [1.82, 2.24) is 20.0 Å². The average Bonchev–Trinajstić information content (AvgIpc) is 3.56. The molecule has 8 heteroatoms. The van der Waals surface area contributed by atoms with Crippen LogP contribution in [0.1, 0.15) is 49.0 Å². The van der Waals surface area contributed by atoms with Crippen LogP contribution in [0.5, 0.6) is 11.5 Å². The maximum absolute atomic E-state index is 12.7. The fourth-order valence-corrected chi connectivity index (χ4v) is 4.46. The van der Waals surface area contributed by atoms with Crippen molar-refractivity contribution in [3.8, 4) is 11.5 Å². The number of rotatable bonds is 9. The molecule has 1 saturated heterocycles. The third-order valence-corrected chi connectivity index (χ3v) is 6.06. The number of benzene rings is 2. The van der Waals surface area contributed by atoms with E-state index >= 15 is 0 Å². The first-order chi connectivity index (χ1) is 16.6. The summed E-state index contributed by atoms with van der Waals surface area (Å²) in [7, 11) is 0. The van der Waals surface area contributed by atoms with E-state index in [-0.39, 0.29) is 11.8 Å². The first-order valence-corrected chi connectivity index (χ1v) is 11.7. The van der Waals surface area contributed by atoms with Crippen molar-refractivity contribution in [2.24, 2.45) is 0 Å². The highest BCUT2D eigenvalue weighted by Crippen LogP contribution is 2.32. The summed E-state index contributed by atoms with van der Waals surface area (Å²) in [5.41, 5.74) is 3.18. The molecule has 1 aliphatic rings. The van der Waals surface area contributed by atoms with Gasteiger partial charge in [-0.15, -0.1) is 0 Å². The molecule has 34 heavy (non-hydrogen) atoms. The lowest BCUT2D eigenvalue weighted by molar-refractivity contribution is -0.128. The number of hydrogen-bond donors (Lipinski definition) is 1. The van der Waals surface area contributed by atoms with Crippen LogP contribution in [-0.4, -0.2) is 45.7 Å². The minimum Gasteiger partial charge on any atom is -0.490 e. The van der Waals surface area contributed by atoms with Gasteiger partial charge in [0.1, 0.15) is 0 Å². The van der Waals surface area contributed by atoms with Gasteiger partial charge in [-0.3, -0.25) is 4.79 Å². The molecule has 1 amide bonds. The molecule has 4 aromatic rings. The lowest BCUT2D eigenvalue weighted by Crippen LogP contribution is -2.24. The molecule has 2 aromatic carbocycles. The van der Waals surface area contributed by atoms with Gasteiger partial charge in [0, 0.05) is 42.5 Å². The number of fused-ring (bicyclic) bond motifs is 1. The van der Waals surface area contributed by atoms with E-state index in [0.29, 0.717) is 62.4 Å². The molecule has 1 N–H and O–H groups in total. The zero-order valence-electron chi connectivity index (χ0n) is 19.4. The highest BCUT2D eigenvalue weighted by Gasteiger charge is 2.33. The normalized spacial score (nSPS) is 15.9. The Morgan fingerprint density at radius 1 is 1.12 bits per heavy atom. The molecule has 8 nitrogen and oxygen atoms in total. The quantitative estimate of drug-likeness (QED) is 0.397. The van der Waals surface area contributed by atoms with E-state index in [4.69, 9.17) is 14.0 Å². The predicted molar refractivity (Wildman–Crippen MR) is 127 cm³/mol. The molecule has 1 unspecified atom stereocenters. The van der Waals surface area contributed by atoms with Crippen molar-refractivity contribution in [3.63, 3.8) is 0 Å². The molecule has 1 aliphatic heterocycles. The number of hydrogen-bond acceptors (Lipinski definition) is 6. The third kappa shape index (κ3) is 4.48.